The van der Waals surface area contributed by atoms with Gasteiger partial charge in [0.25, 0.3) is 5.91 Å². The fourth-order valence-electron chi connectivity index (χ4n) is 3.76. The third kappa shape index (κ3) is 4.37. The second kappa shape index (κ2) is 8.82. The molecule has 8 heteroatoms. The Hall–Kier alpha value is -2.68. The quantitative estimate of drug-likeness (QED) is 0.613. The largest absolute Gasteiger partial charge is 0.496 e. The number of para-hydroxylation sites is 1. The van der Waals surface area contributed by atoms with Crippen LogP contribution in [0.25, 0.3) is 0 Å². The summed E-state index contributed by atoms with van der Waals surface area (Å²) in [5, 5.41) is 2.86. The molecule has 0 atom stereocenters. The highest BCUT2D eigenvalue weighted by Gasteiger charge is 2.31. The van der Waals surface area contributed by atoms with Crippen molar-refractivity contribution < 1.29 is 17.9 Å². The fraction of sp³-hybridized carbons (Fsp3) is 0.261. The summed E-state index contributed by atoms with van der Waals surface area (Å²) >= 11 is 1.19. The zero-order chi connectivity index (χ0) is 22.0. The van der Waals surface area contributed by atoms with Crippen LogP contribution < -0.4 is 10.1 Å². The van der Waals surface area contributed by atoms with Crippen molar-refractivity contribution in [3.05, 3.63) is 81.0 Å². The van der Waals surface area contributed by atoms with E-state index in [4.69, 9.17) is 4.74 Å². The first kappa shape index (κ1) is 21.5. The molecule has 1 aliphatic rings. The van der Waals surface area contributed by atoms with Crippen LogP contribution in [-0.2, 0) is 29.5 Å². The highest BCUT2D eigenvalue weighted by molar-refractivity contribution is 7.89. The number of benzene rings is 2. The Morgan fingerprint density at radius 3 is 2.61 bits per heavy atom. The van der Waals surface area contributed by atoms with Gasteiger partial charge in [-0.25, -0.2) is 8.42 Å². The van der Waals surface area contributed by atoms with Gasteiger partial charge in [-0.3, -0.25) is 4.79 Å². The highest BCUT2D eigenvalue weighted by Crippen LogP contribution is 2.31. The zero-order valence-corrected chi connectivity index (χ0v) is 19.1. The summed E-state index contributed by atoms with van der Waals surface area (Å²) in [6, 6.07) is 16.8. The molecule has 4 rings (SSSR count). The van der Waals surface area contributed by atoms with E-state index < -0.39 is 10.0 Å². The number of aryl methyl sites for hydroxylation is 1. The Morgan fingerprint density at radius 2 is 1.84 bits per heavy atom. The van der Waals surface area contributed by atoms with Gasteiger partial charge >= 0.3 is 0 Å². The first-order chi connectivity index (χ1) is 14.9. The number of rotatable bonds is 6. The number of carbonyl (C=O) groups is 1. The summed E-state index contributed by atoms with van der Waals surface area (Å²) in [7, 11) is -2.10. The van der Waals surface area contributed by atoms with Crippen LogP contribution in [0.2, 0.25) is 0 Å². The fourth-order valence-corrected chi connectivity index (χ4v) is 6.65. The molecule has 2 heterocycles. The second-order valence-corrected chi connectivity index (χ2v) is 10.5. The van der Waals surface area contributed by atoms with Gasteiger partial charge in [0, 0.05) is 30.1 Å². The maximum Gasteiger partial charge on any atom is 0.261 e. The third-order valence-electron chi connectivity index (χ3n) is 5.44. The number of thiophene rings is 1. The number of fused-ring (bicyclic) bond motifs is 1. The van der Waals surface area contributed by atoms with Crippen molar-refractivity contribution in [1.29, 1.82) is 0 Å². The van der Waals surface area contributed by atoms with Gasteiger partial charge in [0.15, 0.2) is 0 Å². The number of nitrogens with one attached hydrogen (secondary N) is 1. The number of hydrogen-bond donors (Lipinski definition) is 1. The summed E-state index contributed by atoms with van der Waals surface area (Å²) in [5.41, 5.74) is 3.07. The van der Waals surface area contributed by atoms with Gasteiger partial charge in [0.1, 0.15) is 5.75 Å². The van der Waals surface area contributed by atoms with E-state index in [0.29, 0.717) is 41.6 Å². The normalized spacial score (nSPS) is 14.1. The lowest BCUT2D eigenvalue weighted by molar-refractivity contribution is 0.0954. The van der Waals surface area contributed by atoms with E-state index in [1.165, 1.54) is 27.3 Å². The molecule has 2 aromatic carbocycles. The van der Waals surface area contributed by atoms with Crippen LogP contribution in [-0.4, -0.2) is 32.3 Å². The molecule has 31 heavy (non-hydrogen) atoms. The maximum absolute atomic E-state index is 13.3. The zero-order valence-electron chi connectivity index (χ0n) is 17.4. The van der Waals surface area contributed by atoms with Crippen molar-refractivity contribution in [3.8, 4) is 5.75 Å². The molecule has 0 aliphatic carbocycles. The van der Waals surface area contributed by atoms with Gasteiger partial charge in [0.2, 0.25) is 10.0 Å². The number of hydrogen-bond acceptors (Lipinski definition) is 5. The Morgan fingerprint density at radius 1 is 1.13 bits per heavy atom. The number of carbonyl (C=O) groups excluding carboxylic acids is 1. The van der Waals surface area contributed by atoms with Gasteiger partial charge in [-0.05, 0) is 36.6 Å². The number of amides is 1. The molecular weight excluding hydrogens is 432 g/mol. The summed E-state index contributed by atoms with van der Waals surface area (Å²) in [5.74, 6) is 0.392. The molecule has 1 amide bonds. The van der Waals surface area contributed by atoms with E-state index in [0.717, 1.165) is 11.1 Å². The van der Waals surface area contributed by atoms with Gasteiger partial charge < -0.3 is 10.1 Å². The molecule has 0 radical (unpaired) electrons. The topological polar surface area (TPSA) is 75.7 Å². The van der Waals surface area contributed by atoms with Crippen molar-refractivity contribution in [2.45, 2.75) is 31.3 Å². The minimum Gasteiger partial charge on any atom is -0.496 e. The van der Waals surface area contributed by atoms with Crippen LogP contribution in [0.15, 0.2) is 59.5 Å². The Balaban J connectivity index is 1.51. The number of methoxy groups -OCH3 is 1. The molecule has 162 valence electrons. The minimum absolute atomic E-state index is 0.208. The molecule has 0 saturated carbocycles. The Bertz CT molecular complexity index is 1220. The van der Waals surface area contributed by atoms with E-state index >= 15 is 0 Å². The SMILES string of the molecule is COc1ccccc1CNC(=O)c1cc(S(=O)(=O)N2CCc3ccccc3C2)c(C)s1. The van der Waals surface area contributed by atoms with Crippen molar-refractivity contribution in [3.63, 3.8) is 0 Å². The summed E-state index contributed by atoms with van der Waals surface area (Å²) in [6.07, 6.45) is 0.685. The van der Waals surface area contributed by atoms with Crippen LogP contribution in [0.1, 0.15) is 31.2 Å². The van der Waals surface area contributed by atoms with Gasteiger partial charge in [-0.1, -0.05) is 42.5 Å². The maximum atomic E-state index is 13.3. The molecule has 1 aliphatic heterocycles. The van der Waals surface area contributed by atoms with Gasteiger partial charge in [-0.15, -0.1) is 11.3 Å². The van der Waals surface area contributed by atoms with Crippen LogP contribution in [0, 0.1) is 6.92 Å². The molecule has 0 bridgehead atoms. The second-order valence-electron chi connectivity index (χ2n) is 7.38. The molecule has 0 fully saturated rings. The van der Waals surface area contributed by atoms with E-state index in [-0.39, 0.29) is 10.8 Å². The lowest BCUT2D eigenvalue weighted by Crippen LogP contribution is -2.36. The van der Waals surface area contributed by atoms with Gasteiger partial charge in [-0.2, -0.15) is 4.31 Å². The predicted octanol–water partition coefficient (Wildman–Crippen LogP) is 3.74. The molecule has 6 nitrogen and oxygen atoms in total. The molecular formula is C23H24N2O4S2. The van der Waals surface area contributed by atoms with Crippen LogP contribution in [0.4, 0.5) is 0 Å². The van der Waals surface area contributed by atoms with Crippen LogP contribution in [0.5, 0.6) is 5.75 Å². The van der Waals surface area contributed by atoms with Gasteiger partial charge in [0.05, 0.1) is 16.9 Å². The number of sulfonamides is 1. The first-order valence-electron chi connectivity index (χ1n) is 9.97. The lowest BCUT2D eigenvalue weighted by atomic mass is 10.0. The average Bonchev–Trinajstić information content (AvgIpc) is 3.19. The van der Waals surface area contributed by atoms with Crippen LogP contribution in [0.3, 0.4) is 0 Å². The number of nitrogens with zero attached hydrogens (tertiary/aromatic N) is 1. The third-order valence-corrected chi connectivity index (χ3v) is 8.59. The predicted molar refractivity (Wildman–Crippen MR) is 121 cm³/mol. The standard InChI is InChI=1S/C23H24N2O4S2/c1-16-22(31(27,28)25-12-11-17-7-3-4-9-19(17)15-25)13-21(30-16)23(26)24-14-18-8-5-6-10-20(18)29-2/h3-10,13H,11-12,14-15H2,1-2H3,(H,24,26). The van der Waals surface area contributed by atoms with E-state index in [1.807, 2.05) is 48.5 Å². The van der Waals surface area contributed by atoms with E-state index in [2.05, 4.69) is 5.32 Å². The van der Waals surface area contributed by atoms with Crippen molar-refractivity contribution in [1.82, 2.24) is 9.62 Å². The average molecular weight is 457 g/mol. The molecule has 3 aromatic rings. The first-order valence-corrected chi connectivity index (χ1v) is 12.2. The smallest absolute Gasteiger partial charge is 0.261 e. The molecule has 0 saturated heterocycles. The summed E-state index contributed by atoms with van der Waals surface area (Å²) in [6.45, 7) is 2.82. The Kier molecular flexibility index (Phi) is 6.13. The van der Waals surface area contributed by atoms with Crippen molar-refractivity contribution in [2.75, 3.05) is 13.7 Å². The molecule has 0 spiro atoms. The van der Waals surface area contributed by atoms with E-state index in [1.54, 1.807) is 14.0 Å². The van der Waals surface area contributed by atoms with Crippen LogP contribution >= 0.6 is 11.3 Å². The summed E-state index contributed by atoms with van der Waals surface area (Å²) in [4.78, 5) is 13.9. The Labute approximate surface area is 186 Å². The lowest BCUT2D eigenvalue weighted by Gasteiger charge is -2.28. The highest BCUT2D eigenvalue weighted by atomic mass is 32.2. The minimum atomic E-state index is -3.68. The molecule has 1 aromatic heterocycles. The molecule has 0 unspecified atom stereocenters. The van der Waals surface area contributed by atoms with E-state index in [9.17, 15) is 13.2 Å². The number of ether oxygens (including phenoxy) is 1. The van der Waals surface area contributed by atoms with Crippen molar-refractivity contribution >= 4 is 27.3 Å². The van der Waals surface area contributed by atoms with Crippen molar-refractivity contribution in [2.24, 2.45) is 0 Å². The molecule has 1 N–H and O–H groups in total. The monoisotopic (exact) mass is 456 g/mol. The summed E-state index contributed by atoms with van der Waals surface area (Å²) < 4.78 is 33.4.